The van der Waals surface area contributed by atoms with Crippen LogP contribution in [0.2, 0.25) is 0 Å². The van der Waals surface area contributed by atoms with Gasteiger partial charge in [0.05, 0.1) is 0 Å². The van der Waals surface area contributed by atoms with Crippen LogP contribution in [0.15, 0.2) is 0 Å². The molecule has 1 atom stereocenters. The van der Waals surface area contributed by atoms with Gasteiger partial charge in [0.2, 0.25) is 11.8 Å². The Morgan fingerprint density at radius 3 is 2.16 bits per heavy atom. The Kier molecular flexibility index (Phi) is 3.19. The van der Waals surface area contributed by atoms with Crippen molar-refractivity contribution < 1.29 is 14.4 Å². The normalized spacial score (nSPS) is 28.3. The van der Waals surface area contributed by atoms with Gasteiger partial charge in [-0.2, -0.15) is 0 Å². The molecule has 1 saturated carbocycles. The van der Waals surface area contributed by atoms with Crippen molar-refractivity contribution in [2.45, 2.75) is 47.0 Å². The van der Waals surface area contributed by atoms with Crippen LogP contribution in [0.1, 0.15) is 47.0 Å². The highest BCUT2D eigenvalue weighted by atomic mass is 16.2. The average Bonchev–Trinajstić information content (AvgIpc) is 2.94. The van der Waals surface area contributed by atoms with Gasteiger partial charge in [0.25, 0.3) is 0 Å². The molecule has 1 aliphatic carbocycles. The van der Waals surface area contributed by atoms with Gasteiger partial charge in [0.1, 0.15) is 5.41 Å². The summed E-state index contributed by atoms with van der Waals surface area (Å²) in [4.78, 5) is 37.7. The highest BCUT2D eigenvalue weighted by molar-refractivity contribution is 6.19. The molecule has 0 aromatic rings. The third-order valence-corrected chi connectivity index (χ3v) is 4.88. The maximum absolute atomic E-state index is 12.5. The van der Waals surface area contributed by atoms with Crippen molar-refractivity contribution in [2.24, 2.45) is 16.7 Å². The molecule has 5 heteroatoms. The summed E-state index contributed by atoms with van der Waals surface area (Å²) >= 11 is 0. The van der Waals surface area contributed by atoms with Crippen molar-refractivity contribution in [3.63, 3.8) is 0 Å². The number of urea groups is 1. The minimum Gasteiger partial charge on any atom is -0.277 e. The highest BCUT2D eigenvalue weighted by Gasteiger charge is 2.54. The lowest BCUT2D eigenvalue weighted by Crippen LogP contribution is -2.63. The predicted molar refractivity (Wildman–Crippen MR) is 70.2 cm³/mol. The zero-order valence-electron chi connectivity index (χ0n) is 12.1. The molecule has 4 amide bonds. The van der Waals surface area contributed by atoms with E-state index in [9.17, 15) is 14.4 Å². The number of imide groups is 2. The molecule has 1 aliphatic heterocycles. The van der Waals surface area contributed by atoms with Crippen LogP contribution >= 0.6 is 0 Å². The van der Waals surface area contributed by atoms with Crippen LogP contribution < -0.4 is 5.32 Å². The maximum Gasteiger partial charge on any atom is 0.330 e. The molecule has 1 N–H and O–H groups in total. The first-order valence-corrected chi connectivity index (χ1v) is 6.96. The highest BCUT2D eigenvalue weighted by Crippen LogP contribution is 2.52. The Labute approximate surface area is 113 Å². The topological polar surface area (TPSA) is 66.5 Å². The molecule has 19 heavy (non-hydrogen) atoms. The summed E-state index contributed by atoms with van der Waals surface area (Å²) in [5, 5.41) is 2.34. The molecule has 5 nitrogen and oxygen atoms in total. The summed E-state index contributed by atoms with van der Waals surface area (Å²) in [5.74, 6) is -0.422. The second-order valence-electron chi connectivity index (χ2n) is 6.35. The van der Waals surface area contributed by atoms with Gasteiger partial charge < -0.3 is 0 Å². The molecule has 0 radical (unpaired) electrons. The molecule has 1 unspecified atom stereocenters. The summed E-state index contributed by atoms with van der Waals surface area (Å²) in [6, 6.07) is -0.560. The lowest BCUT2D eigenvalue weighted by atomic mass is 9.78. The van der Waals surface area contributed by atoms with Crippen molar-refractivity contribution in [1.29, 1.82) is 0 Å². The number of nitrogens with one attached hydrogen (secondary N) is 1. The number of barbiturate groups is 1. The molecule has 0 spiro atoms. The average molecular weight is 266 g/mol. The van der Waals surface area contributed by atoms with Gasteiger partial charge in [-0.15, -0.1) is 0 Å². The minimum absolute atomic E-state index is 0.198. The molecular weight excluding hydrogens is 244 g/mol. The Bertz CT molecular complexity index is 438. The standard InChI is InChI=1S/C14H22N2O3/c1-5-14(6-2)10(17)15-12(19)16(11(14)18)8-9-7-13(9,3)4/h9H,5-8H2,1-4H3,(H,15,17,19). The molecule has 0 bridgehead atoms. The lowest BCUT2D eigenvalue weighted by Gasteiger charge is -2.38. The third kappa shape index (κ3) is 2.05. The van der Waals surface area contributed by atoms with E-state index in [0.717, 1.165) is 6.42 Å². The van der Waals surface area contributed by atoms with Gasteiger partial charge in [-0.3, -0.25) is 19.8 Å². The minimum atomic E-state index is -1.06. The molecule has 0 aromatic carbocycles. The van der Waals surface area contributed by atoms with Crippen LogP contribution in [0.3, 0.4) is 0 Å². The smallest absolute Gasteiger partial charge is 0.277 e. The zero-order chi connectivity index (χ0) is 14.4. The Morgan fingerprint density at radius 2 is 1.74 bits per heavy atom. The lowest BCUT2D eigenvalue weighted by molar-refractivity contribution is -0.152. The Balaban J connectivity index is 2.21. The quantitative estimate of drug-likeness (QED) is 0.790. The van der Waals surface area contributed by atoms with E-state index < -0.39 is 17.4 Å². The molecule has 1 saturated heterocycles. The van der Waals surface area contributed by atoms with Crippen molar-refractivity contribution in [1.82, 2.24) is 10.2 Å². The predicted octanol–water partition coefficient (Wildman–Crippen LogP) is 1.92. The van der Waals surface area contributed by atoms with Crippen LogP contribution in [0.25, 0.3) is 0 Å². The SMILES string of the molecule is CCC1(CC)C(=O)NC(=O)N(CC2CC2(C)C)C1=O. The number of hydrogen-bond acceptors (Lipinski definition) is 3. The summed E-state index contributed by atoms with van der Waals surface area (Å²) in [7, 11) is 0. The number of nitrogens with zero attached hydrogens (tertiary/aromatic N) is 1. The third-order valence-electron chi connectivity index (χ3n) is 4.88. The fourth-order valence-electron chi connectivity index (χ4n) is 2.88. The first-order valence-electron chi connectivity index (χ1n) is 6.96. The van der Waals surface area contributed by atoms with Gasteiger partial charge in [0.15, 0.2) is 0 Å². The molecular formula is C14H22N2O3. The number of rotatable bonds is 4. The van der Waals surface area contributed by atoms with Gasteiger partial charge in [-0.25, -0.2) is 4.79 Å². The second kappa shape index (κ2) is 4.32. The molecule has 2 rings (SSSR count). The monoisotopic (exact) mass is 266 g/mol. The van der Waals surface area contributed by atoms with Crippen LogP contribution in [-0.4, -0.2) is 29.3 Å². The first-order chi connectivity index (χ1) is 8.78. The van der Waals surface area contributed by atoms with Crippen LogP contribution in [0, 0.1) is 16.7 Å². The van der Waals surface area contributed by atoms with E-state index in [0.29, 0.717) is 25.3 Å². The fourth-order valence-corrected chi connectivity index (χ4v) is 2.88. The Morgan fingerprint density at radius 1 is 1.21 bits per heavy atom. The molecule has 2 aliphatic rings. The van der Waals surface area contributed by atoms with Gasteiger partial charge in [-0.05, 0) is 30.6 Å². The second-order valence-corrected chi connectivity index (χ2v) is 6.35. The fraction of sp³-hybridized carbons (Fsp3) is 0.786. The summed E-state index contributed by atoms with van der Waals surface area (Å²) in [6.45, 7) is 8.31. The van der Waals surface area contributed by atoms with Crippen molar-refractivity contribution >= 4 is 17.8 Å². The van der Waals surface area contributed by atoms with Crippen molar-refractivity contribution in [3.05, 3.63) is 0 Å². The summed E-state index contributed by atoms with van der Waals surface area (Å²) in [5.41, 5.74) is -0.865. The number of carbonyl (C=O) groups excluding carboxylic acids is 3. The molecule has 0 aromatic heterocycles. The van der Waals surface area contributed by atoms with Gasteiger partial charge >= 0.3 is 6.03 Å². The molecule has 106 valence electrons. The summed E-state index contributed by atoms with van der Waals surface area (Å²) in [6.07, 6.45) is 1.86. The molecule has 1 heterocycles. The van der Waals surface area contributed by atoms with Crippen LogP contribution in [0.5, 0.6) is 0 Å². The van der Waals surface area contributed by atoms with Crippen LogP contribution in [0.4, 0.5) is 4.79 Å². The summed E-state index contributed by atoms with van der Waals surface area (Å²) < 4.78 is 0. The largest absolute Gasteiger partial charge is 0.330 e. The zero-order valence-corrected chi connectivity index (χ0v) is 12.1. The van der Waals surface area contributed by atoms with Crippen molar-refractivity contribution in [2.75, 3.05) is 6.54 Å². The van der Waals surface area contributed by atoms with E-state index in [2.05, 4.69) is 19.2 Å². The van der Waals surface area contributed by atoms with Crippen LogP contribution in [-0.2, 0) is 9.59 Å². The van der Waals surface area contributed by atoms with Crippen molar-refractivity contribution in [3.8, 4) is 0 Å². The number of hydrogen-bond donors (Lipinski definition) is 1. The van der Waals surface area contributed by atoms with Gasteiger partial charge in [-0.1, -0.05) is 27.7 Å². The first kappa shape index (κ1) is 14.0. The van der Waals surface area contributed by atoms with E-state index in [4.69, 9.17) is 0 Å². The van der Waals surface area contributed by atoms with E-state index in [1.807, 2.05) is 13.8 Å². The van der Waals surface area contributed by atoms with E-state index in [-0.39, 0.29) is 11.3 Å². The molecule has 2 fully saturated rings. The van der Waals surface area contributed by atoms with E-state index in [1.54, 1.807) is 0 Å². The van der Waals surface area contributed by atoms with E-state index in [1.165, 1.54) is 4.90 Å². The number of amides is 4. The van der Waals surface area contributed by atoms with E-state index >= 15 is 0 Å². The number of carbonyl (C=O) groups is 3. The maximum atomic E-state index is 12.5. The van der Waals surface area contributed by atoms with Gasteiger partial charge in [0, 0.05) is 6.54 Å². The Hall–Kier alpha value is -1.39.